The molecule has 2 aromatic carbocycles. The minimum atomic E-state index is -0.973. The number of nitrogens with zero attached hydrogens (tertiary/aromatic N) is 4. The van der Waals surface area contributed by atoms with Gasteiger partial charge in [-0.15, -0.1) is 0 Å². The Bertz CT molecular complexity index is 1410. The molecular weight excluding hydrogens is 478 g/mol. The number of halogens is 2. The van der Waals surface area contributed by atoms with E-state index in [4.69, 9.17) is 5.73 Å². The van der Waals surface area contributed by atoms with Crippen LogP contribution in [0.5, 0.6) is 0 Å². The molecule has 10 heteroatoms. The van der Waals surface area contributed by atoms with Crippen LogP contribution in [0.4, 0.5) is 25.8 Å². The van der Waals surface area contributed by atoms with E-state index in [-0.39, 0.29) is 11.2 Å². The topological polar surface area (TPSA) is 106 Å². The fraction of sp³-hybridized carbons (Fsp3) is 0.333. The summed E-state index contributed by atoms with van der Waals surface area (Å²) in [5.41, 5.74) is 6.82. The van der Waals surface area contributed by atoms with Crippen LogP contribution < -0.4 is 21.5 Å². The molecule has 0 bridgehead atoms. The van der Waals surface area contributed by atoms with Gasteiger partial charge < -0.3 is 16.0 Å². The number of hydrogen-bond acceptors (Lipinski definition) is 6. The van der Waals surface area contributed by atoms with Crippen molar-refractivity contribution >= 4 is 29.2 Å². The Hall–Kier alpha value is -4.08. The predicted octanol–water partition coefficient (Wildman–Crippen LogP) is 4.41. The Morgan fingerprint density at radius 3 is 2.46 bits per heavy atom. The highest BCUT2D eigenvalue weighted by Gasteiger charge is 2.26. The molecule has 194 valence electrons. The molecule has 37 heavy (non-hydrogen) atoms. The summed E-state index contributed by atoms with van der Waals surface area (Å²) in [6, 6.07) is 8.84. The van der Waals surface area contributed by atoms with Gasteiger partial charge in [-0.1, -0.05) is 13.0 Å². The summed E-state index contributed by atoms with van der Waals surface area (Å²) in [5.74, 6) is -2.14. The number of nitrogens with two attached hydrogens (primary N) is 1. The van der Waals surface area contributed by atoms with Crippen molar-refractivity contribution < 1.29 is 13.6 Å². The molecule has 8 nitrogen and oxygen atoms in total. The lowest BCUT2D eigenvalue weighted by molar-refractivity contribution is 0.102. The number of carbonyl (C=O) groups excluding carboxylic acids is 1. The molecule has 3 N–H and O–H groups in total. The number of hydrogen-bond donors (Lipinski definition) is 2. The van der Waals surface area contributed by atoms with Crippen LogP contribution >= 0.6 is 0 Å². The maximum absolute atomic E-state index is 14.3. The SMILES string of the molecule is CC1CCN(c2c(NC(=O)c3ccc(=O)n(-c4c(F)cccc4F)n3)ccc(N)c2C=NC(C)(C)C)C1. The van der Waals surface area contributed by atoms with E-state index in [1.165, 1.54) is 12.1 Å². The predicted molar refractivity (Wildman–Crippen MR) is 142 cm³/mol. The average molecular weight is 509 g/mol. The Labute approximate surface area is 213 Å². The second-order valence-electron chi connectivity index (χ2n) is 10.2. The van der Waals surface area contributed by atoms with Gasteiger partial charge in [0.2, 0.25) is 0 Å². The monoisotopic (exact) mass is 508 g/mol. The number of aliphatic imine (C=N–C) groups is 1. The third-order valence-corrected chi connectivity index (χ3v) is 6.00. The van der Waals surface area contributed by atoms with Crippen LogP contribution in [-0.4, -0.2) is 40.5 Å². The minimum Gasteiger partial charge on any atom is -0.398 e. The summed E-state index contributed by atoms with van der Waals surface area (Å²) < 4.78 is 29.2. The highest BCUT2D eigenvalue weighted by molar-refractivity contribution is 6.08. The van der Waals surface area contributed by atoms with Crippen LogP contribution in [0, 0.1) is 17.6 Å². The Kier molecular flexibility index (Phi) is 7.11. The average Bonchev–Trinajstić information content (AvgIpc) is 3.25. The molecular formula is C27H30F2N6O2. The van der Waals surface area contributed by atoms with Crippen LogP contribution in [0.3, 0.4) is 0 Å². The molecule has 1 saturated heterocycles. The largest absolute Gasteiger partial charge is 0.398 e. The highest BCUT2D eigenvalue weighted by Crippen LogP contribution is 2.37. The molecule has 1 atom stereocenters. The minimum absolute atomic E-state index is 0.190. The third kappa shape index (κ3) is 5.68. The highest BCUT2D eigenvalue weighted by atomic mass is 19.1. The second-order valence-corrected chi connectivity index (χ2v) is 10.2. The van der Waals surface area contributed by atoms with Crippen LogP contribution in [-0.2, 0) is 0 Å². The van der Waals surface area contributed by atoms with Crippen LogP contribution in [0.2, 0.25) is 0 Å². The van der Waals surface area contributed by atoms with Gasteiger partial charge in [-0.05, 0) is 63.4 Å². The number of anilines is 3. The van der Waals surface area contributed by atoms with Crippen molar-refractivity contribution in [3.63, 3.8) is 0 Å². The van der Waals surface area contributed by atoms with Crippen LogP contribution in [0.1, 0.15) is 50.2 Å². The van der Waals surface area contributed by atoms with E-state index in [0.29, 0.717) is 27.5 Å². The van der Waals surface area contributed by atoms with E-state index in [9.17, 15) is 18.4 Å². The fourth-order valence-electron chi connectivity index (χ4n) is 4.17. The van der Waals surface area contributed by atoms with Gasteiger partial charge in [0.1, 0.15) is 11.4 Å². The Balaban J connectivity index is 1.76. The number of amides is 1. The molecule has 0 radical (unpaired) electrons. The molecule has 1 amide bonds. The van der Waals surface area contributed by atoms with E-state index in [1.54, 1.807) is 18.3 Å². The zero-order valence-corrected chi connectivity index (χ0v) is 21.3. The number of benzene rings is 2. The van der Waals surface area contributed by atoms with Gasteiger partial charge in [-0.25, -0.2) is 8.78 Å². The first-order valence-corrected chi connectivity index (χ1v) is 12.0. The number of rotatable bonds is 5. The van der Waals surface area contributed by atoms with Crippen molar-refractivity contribution in [3.05, 3.63) is 75.7 Å². The smallest absolute Gasteiger partial charge is 0.276 e. The molecule has 1 aromatic heterocycles. The van der Waals surface area contributed by atoms with Crippen molar-refractivity contribution in [2.45, 2.75) is 39.7 Å². The lowest BCUT2D eigenvalue weighted by atomic mass is 10.1. The lowest BCUT2D eigenvalue weighted by Gasteiger charge is -2.25. The van der Waals surface area contributed by atoms with Crippen molar-refractivity contribution in [3.8, 4) is 5.69 Å². The van der Waals surface area contributed by atoms with Gasteiger partial charge in [0.25, 0.3) is 11.5 Å². The first-order chi connectivity index (χ1) is 17.4. The normalized spacial score (nSPS) is 15.9. The van der Waals surface area contributed by atoms with E-state index < -0.39 is 28.8 Å². The van der Waals surface area contributed by atoms with Crippen molar-refractivity contribution in [2.24, 2.45) is 10.9 Å². The molecule has 1 unspecified atom stereocenters. The molecule has 0 aliphatic carbocycles. The maximum Gasteiger partial charge on any atom is 0.276 e. The molecule has 4 rings (SSSR count). The summed E-state index contributed by atoms with van der Waals surface area (Å²) in [7, 11) is 0. The molecule has 0 saturated carbocycles. The van der Waals surface area contributed by atoms with Crippen molar-refractivity contribution in [2.75, 3.05) is 29.0 Å². The van der Waals surface area contributed by atoms with Gasteiger partial charge in [0.05, 0.1) is 16.9 Å². The number of para-hydroxylation sites is 1. The number of nitrogens with one attached hydrogen (secondary N) is 1. The standard InChI is InChI=1S/C27H30F2N6O2/c1-16-12-13-34(15-16)24-17(14-31-27(2,3)4)20(30)8-9-21(24)32-26(37)22-10-11-23(36)35(33-22)25-18(28)6-5-7-19(25)29/h5-11,14,16H,12-13,15,30H2,1-4H3,(H,32,37). The second kappa shape index (κ2) is 10.1. The zero-order valence-electron chi connectivity index (χ0n) is 21.3. The van der Waals surface area contributed by atoms with Crippen molar-refractivity contribution in [1.29, 1.82) is 0 Å². The first kappa shape index (κ1) is 26.0. The summed E-state index contributed by atoms with van der Waals surface area (Å²) in [6.07, 6.45) is 2.71. The zero-order chi connectivity index (χ0) is 26.9. The Morgan fingerprint density at radius 2 is 1.84 bits per heavy atom. The van der Waals surface area contributed by atoms with Gasteiger partial charge in [-0.2, -0.15) is 9.78 Å². The van der Waals surface area contributed by atoms with Gasteiger partial charge in [0.15, 0.2) is 11.6 Å². The number of nitrogen functional groups attached to an aromatic ring is 1. The number of aromatic nitrogens is 2. The fourth-order valence-corrected chi connectivity index (χ4v) is 4.17. The van der Waals surface area contributed by atoms with E-state index in [0.717, 1.165) is 43.4 Å². The summed E-state index contributed by atoms with van der Waals surface area (Å²) in [6.45, 7) is 9.63. The first-order valence-electron chi connectivity index (χ1n) is 12.0. The molecule has 1 fully saturated rings. The van der Waals surface area contributed by atoms with E-state index in [2.05, 4.69) is 27.2 Å². The van der Waals surface area contributed by atoms with E-state index >= 15 is 0 Å². The maximum atomic E-state index is 14.3. The van der Waals surface area contributed by atoms with Gasteiger partial charge in [0, 0.05) is 36.6 Å². The lowest BCUT2D eigenvalue weighted by Crippen LogP contribution is -2.27. The van der Waals surface area contributed by atoms with E-state index in [1.807, 2.05) is 20.8 Å². The summed E-state index contributed by atoms with van der Waals surface area (Å²) >= 11 is 0. The van der Waals surface area contributed by atoms with Crippen LogP contribution in [0.25, 0.3) is 5.69 Å². The van der Waals surface area contributed by atoms with Crippen LogP contribution in [0.15, 0.2) is 52.3 Å². The molecule has 3 aromatic rings. The summed E-state index contributed by atoms with van der Waals surface area (Å²) in [5, 5.41) is 6.80. The van der Waals surface area contributed by atoms with Gasteiger partial charge >= 0.3 is 0 Å². The quantitative estimate of drug-likeness (QED) is 0.392. The molecule has 0 spiro atoms. The van der Waals surface area contributed by atoms with Gasteiger partial charge in [-0.3, -0.25) is 14.6 Å². The molecule has 1 aliphatic rings. The Morgan fingerprint density at radius 1 is 1.14 bits per heavy atom. The molecule has 2 heterocycles. The number of carbonyl (C=O) groups is 1. The summed E-state index contributed by atoms with van der Waals surface area (Å²) in [4.78, 5) is 32.4. The third-order valence-electron chi connectivity index (χ3n) is 6.00. The van der Waals surface area contributed by atoms with Crippen molar-refractivity contribution in [1.82, 2.24) is 9.78 Å². The molecule has 1 aliphatic heterocycles.